The first-order chi connectivity index (χ1) is 14.0. The molecule has 5 rings (SSSR count). The van der Waals surface area contributed by atoms with Crippen LogP contribution in [0.25, 0.3) is 28.0 Å². The molecule has 0 unspecified atom stereocenters. The van der Waals surface area contributed by atoms with Gasteiger partial charge in [0.1, 0.15) is 5.75 Å². The Morgan fingerprint density at radius 1 is 1.07 bits per heavy atom. The van der Waals surface area contributed by atoms with Crippen molar-refractivity contribution in [2.24, 2.45) is 0 Å². The first-order valence-corrected chi connectivity index (χ1v) is 12.5. The lowest BCUT2D eigenvalue weighted by Crippen LogP contribution is -2.11. The van der Waals surface area contributed by atoms with Gasteiger partial charge in [0.2, 0.25) is 0 Å². The maximum Gasteiger partial charge on any atom is 0.127 e. The van der Waals surface area contributed by atoms with Crippen molar-refractivity contribution in [1.29, 1.82) is 0 Å². The second-order valence-corrected chi connectivity index (χ2v) is 11.0. The Morgan fingerprint density at radius 2 is 1.83 bits per heavy atom. The van der Waals surface area contributed by atoms with Crippen LogP contribution in [0.1, 0.15) is 17.7 Å². The van der Waals surface area contributed by atoms with Crippen LogP contribution >= 0.6 is 20.7 Å². The van der Waals surface area contributed by atoms with E-state index >= 15 is 0 Å². The van der Waals surface area contributed by atoms with Crippen LogP contribution in [0, 0.1) is 0 Å². The number of thiophene rings is 1. The summed E-state index contributed by atoms with van der Waals surface area (Å²) in [6.45, 7) is 4.19. The molecule has 1 fully saturated rings. The number of methoxy groups -OCH3 is 1. The highest BCUT2D eigenvalue weighted by Crippen LogP contribution is 2.50. The van der Waals surface area contributed by atoms with Crippen molar-refractivity contribution in [3.05, 3.63) is 59.3 Å². The lowest BCUT2D eigenvalue weighted by atomic mass is 9.90. The monoisotopic (exact) mass is 420 g/mol. The van der Waals surface area contributed by atoms with Crippen LogP contribution in [-0.4, -0.2) is 24.9 Å². The quantitative estimate of drug-likeness (QED) is 0.484. The van der Waals surface area contributed by atoms with Gasteiger partial charge in [0, 0.05) is 39.0 Å². The number of benzene rings is 2. The van der Waals surface area contributed by atoms with Crippen molar-refractivity contribution < 1.29 is 4.74 Å². The summed E-state index contributed by atoms with van der Waals surface area (Å²) in [5, 5.41) is 5.58. The van der Waals surface area contributed by atoms with Gasteiger partial charge in [0.15, 0.2) is 0 Å². The van der Waals surface area contributed by atoms with Crippen LogP contribution in [-0.2, 0) is 0 Å². The number of ether oxygens (including phenoxy) is 1. The van der Waals surface area contributed by atoms with Gasteiger partial charge in [-0.2, -0.15) is 0 Å². The van der Waals surface area contributed by atoms with Crippen molar-refractivity contribution >= 4 is 43.9 Å². The lowest BCUT2D eigenvalue weighted by molar-refractivity contribution is 0.416. The summed E-state index contributed by atoms with van der Waals surface area (Å²) in [4.78, 5) is 2.34. The number of hydrogen-bond acceptors (Lipinski definition) is 4. The van der Waals surface area contributed by atoms with Crippen LogP contribution in [0.3, 0.4) is 0 Å². The minimum atomic E-state index is -1.48. The number of nitrogens with one attached hydrogen (secondary N) is 2. The topological polar surface area (TPSA) is 33.3 Å². The Morgan fingerprint density at radius 3 is 2.52 bits per heavy atom. The highest BCUT2D eigenvalue weighted by molar-refractivity contribution is 8.26. The minimum absolute atomic E-state index is 0.581. The molecular formula is C24H24N2OS2. The van der Waals surface area contributed by atoms with Crippen LogP contribution < -0.4 is 14.8 Å². The molecule has 0 atom stereocenters. The molecule has 2 heterocycles. The van der Waals surface area contributed by atoms with E-state index in [1.807, 2.05) is 6.07 Å². The molecule has 2 aliphatic rings. The predicted octanol–water partition coefficient (Wildman–Crippen LogP) is 6.18. The Balaban J connectivity index is 1.64. The second-order valence-electron chi connectivity index (χ2n) is 7.63. The smallest absolute Gasteiger partial charge is 0.127 e. The fourth-order valence-electron chi connectivity index (χ4n) is 3.85. The van der Waals surface area contributed by atoms with Gasteiger partial charge in [-0.05, 0) is 54.1 Å². The van der Waals surface area contributed by atoms with Gasteiger partial charge in [-0.3, -0.25) is 4.72 Å². The van der Waals surface area contributed by atoms with E-state index in [4.69, 9.17) is 4.74 Å². The molecule has 29 heavy (non-hydrogen) atoms. The van der Waals surface area contributed by atoms with Gasteiger partial charge in [-0.25, -0.2) is 0 Å². The second kappa shape index (κ2) is 6.80. The third-order valence-electron chi connectivity index (χ3n) is 5.45. The van der Waals surface area contributed by atoms with Crippen molar-refractivity contribution in [1.82, 2.24) is 4.72 Å². The van der Waals surface area contributed by atoms with Gasteiger partial charge < -0.3 is 10.1 Å². The molecule has 1 aliphatic carbocycles. The van der Waals surface area contributed by atoms with E-state index in [1.54, 1.807) is 18.4 Å². The normalized spacial score (nSPS) is 15.4. The van der Waals surface area contributed by atoms with E-state index < -0.39 is 9.39 Å². The summed E-state index contributed by atoms with van der Waals surface area (Å²) >= 11 is 1.71. The summed E-state index contributed by atoms with van der Waals surface area (Å²) in [6, 6.07) is 15.5. The number of rotatable bonds is 5. The molecular weight excluding hydrogens is 396 g/mol. The largest absolute Gasteiger partial charge is 0.496 e. The van der Waals surface area contributed by atoms with Gasteiger partial charge in [0.25, 0.3) is 0 Å². The van der Waals surface area contributed by atoms with Crippen LogP contribution in [0.15, 0.2) is 59.3 Å². The third-order valence-corrected chi connectivity index (χ3v) is 8.38. The summed E-state index contributed by atoms with van der Waals surface area (Å²) in [5.74, 6) is 9.61. The molecule has 0 spiro atoms. The zero-order chi connectivity index (χ0) is 20.2. The molecule has 3 aromatic rings. The van der Waals surface area contributed by atoms with Crippen LogP contribution in [0.4, 0.5) is 5.69 Å². The molecule has 2 N–H and O–H groups in total. The average Bonchev–Trinajstić information content (AvgIpc) is 3.37. The predicted molar refractivity (Wildman–Crippen MR) is 131 cm³/mol. The fourth-order valence-corrected chi connectivity index (χ4v) is 6.35. The van der Waals surface area contributed by atoms with E-state index in [0.717, 1.165) is 28.3 Å². The standard InChI is InChI=1S/C24H24N2OS2/c1-15-24-19(13-14-28-24)23-20(25-15)11-12-21(27-2)22(23)16-5-9-18(10-6-16)29(3,4)26-17-7-8-17/h5-6,9-14,17,25-26H,1,3-4,7-8H2,2H3. The first kappa shape index (κ1) is 18.6. The summed E-state index contributed by atoms with van der Waals surface area (Å²) in [6.07, 6.45) is 2.46. The van der Waals surface area contributed by atoms with Crippen LogP contribution in [0.2, 0.25) is 0 Å². The summed E-state index contributed by atoms with van der Waals surface area (Å²) < 4.78 is 9.37. The van der Waals surface area contributed by atoms with Gasteiger partial charge in [-0.1, -0.05) is 30.5 Å². The number of anilines is 1. The molecule has 148 valence electrons. The van der Waals surface area contributed by atoms with Crippen molar-refractivity contribution in [2.45, 2.75) is 23.8 Å². The van der Waals surface area contributed by atoms with E-state index in [-0.39, 0.29) is 0 Å². The lowest BCUT2D eigenvalue weighted by Gasteiger charge is -2.25. The zero-order valence-corrected chi connectivity index (χ0v) is 18.1. The van der Waals surface area contributed by atoms with Gasteiger partial charge >= 0.3 is 0 Å². The van der Waals surface area contributed by atoms with E-state index in [1.165, 1.54) is 33.7 Å². The minimum Gasteiger partial charge on any atom is -0.496 e. The maximum absolute atomic E-state index is 5.76. The zero-order valence-electron chi connectivity index (χ0n) is 16.5. The molecule has 2 aromatic carbocycles. The molecule has 0 bridgehead atoms. The molecule has 1 aliphatic heterocycles. The molecule has 0 amide bonds. The Labute approximate surface area is 176 Å². The Bertz CT molecular complexity index is 1220. The summed E-state index contributed by atoms with van der Waals surface area (Å²) in [7, 11) is 0.247. The van der Waals surface area contributed by atoms with Crippen molar-refractivity contribution in [3.63, 3.8) is 0 Å². The average molecular weight is 421 g/mol. The number of fused-ring (bicyclic) bond motifs is 3. The Hall–Kier alpha value is -2.47. The molecule has 3 nitrogen and oxygen atoms in total. The fraction of sp³-hybridized carbons (Fsp3) is 0.167. The molecule has 0 saturated heterocycles. The molecule has 1 saturated carbocycles. The number of hydrogen-bond donors (Lipinski definition) is 2. The molecule has 1 aromatic heterocycles. The van der Waals surface area contributed by atoms with E-state index in [9.17, 15) is 0 Å². The van der Waals surface area contributed by atoms with Gasteiger partial charge in [-0.15, -0.1) is 20.7 Å². The van der Waals surface area contributed by atoms with Crippen molar-refractivity contribution in [3.8, 4) is 28.0 Å². The summed E-state index contributed by atoms with van der Waals surface area (Å²) in [5.41, 5.74) is 6.60. The highest BCUT2D eigenvalue weighted by atomic mass is 32.2. The van der Waals surface area contributed by atoms with Gasteiger partial charge in [0.05, 0.1) is 12.0 Å². The van der Waals surface area contributed by atoms with E-state index in [0.29, 0.717) is 6.04 Å². The highest BCUT2D eigenvalue weighted by Gasteiger charge is 2.26. The van der Waals surface area contributed by atoms with Crippen LogP contribution in [0.5, 0.6) is 5.75 Å². The Kier molecular flexibility index (Phi) is 4.35. The first-order valence-electron chi connectivity index (χ1n) is 9.60. The SMILES string of the molecule is C=C1Nc2ccc(OC)c(-c3ccc(S(=C)(=C)NC4CC4)cc3)c2-c2ccsc21. The maximum atomic E-state index is 5.76. The van der Waals surface area contributed by atoms with E-state index in [2.05, 4.69) is 70.1 Å². The van der Waals surface area contributed by atoms with Crippen molar-refractivity contribution in [2.75, 3.05) is 12.4 Å². The molecule has 0 radical (unpaired) electrons. The third kappa shape index (κ3) is 3.19. The molecule has 5 heteroatoms.